The van der Waals surface area contributed by atoms with Crippen LogP contribution in [0.4, 0.5) is 0 Å². The fourth-order valence-electron chi connectivity index (χ4n) is 1.69. The first-order valence-corrected chi connectivity index (χ1v) is 7.81. The van der Waals surface area contributed by atoms with E-state index in [9.17, 15) is 8.42 Å². The topological polar surface area (TPSA) is 65.2 Å². The maximum atomic E-state index is 12.3. The van der Waals surface area contributed by atoms with Crippen LogP contribution in [0.5, 0.6) is 0 Å². The van der Waals surface area contributed by atoms with Crippen LogP contribution in [0.3, 0.4) is 0 Å². The van der Waals surface area contributed by atoms with Crippen molar-refractivity contribution in [1.82, 2.24) is 14.6 Å². The Morgan fingerprint density at radius 2 is 2.21 bits per heavy atom. The van der Waals surface area contributed by atoms with Crippen LogP contribution in [-0.2, 0) is 16.6 Å². The maximum absolute atomic E-state index is 12.3. The van der Waals surface area contributed by atoms with Crippen molar-refractivity contribution in [1.29, 1.82) is 0 Å². The van der Waals surface area contributed by atoms with Crippen molar-refractivity contribution in [2.75, 3.05) is 19.6 Å². The Balaban J connectivity index is 2.82. The largest absolute Gasteiger partial charge is 0.363 e. The summed E-state index contributed by atoms with van der Waals surface area (Å²) < 4.78 is 25.9. The number of nitrogens with one attached hydrogen (secondary N) is 2. The average molecular weight is 283 g/mol. The molecule has 5 nitrogen and oxygen atoms in total. The molecule has 0 fully saturated rings. The van der Waals surface area contributed by atoms with Crippen molar-refractivity contribution < 1.29 is 8.42 Å². The average Bonchev–Trinajstić information content (AvgIpc) is 2.85. The van der Waals surface area contributed by atoms with Gasteiger partial charge >= 0.3 is 0 Å². The number of sulfonamides is 1. The summed E-state index contributed by atoms with van der Waals surface area (Å²) in [5, 5.41) is 3.21. The van der Waals surface area contributed by atoms with Crippen molar-refractivity contribution in [3.8, 4) is 12.3 Å². The molecule has 1 aromatic heterocycles. The van der Waals surface area contributed by atoms with Gasteiger partial charge in [0.1, 0.15) is 0 Å². The third-order valence-corrected chi connectivity index (χ3v) is 4.62. The molecule has 0 radical (unpaired) electrons. The van der Waals surface area contributed by atoms with E-state index in [0.717, 1.165) is 18.7 Å². The van der Waals surface area contributed by atoms with Crippen LogP contribution in [0, 0.1) is 12.3 Å². The number of rotatable bonds is 8. The van der Waals surface area contributed by atoms with Crippen LogP contribution in [0.2, 0.25) is 0 Å². The second-order valence-corrected chi connectivity index (χ2v) is 6.11. The zero-order valence-corrected chi connectivity index (χ0v) is 12.3. The Morgan fingerprint density at radius 1 is 1.47 bits per heavy atom. The van der Waals surface area contributed by atoms with Gasteiger partial charge in [-0.05, 0) is 19.0 Å². The molecular weight excluding hydrogens is 262 g/mol. The summed E-state index contributed by atoms with van der Waals surface area (Å²) in [6, 6.07) is 1.65. The van der Waals surface area contributed by atoms with Gasteiger partial charge in [-0.25, -0.2) is 8.42 Å². The van der Waals surface area contributed by atoms with E-state index in [0.29, 0.717) is 13.1 Å². The lowest BCUT2D eigenvalue weighted by Crippen LogP contribution is -2.31. The highest BCUT2D eigenvalue weighted by molar-refractivity contribution is 7.89. The number of hydrogen-bond acceptors (Lipinski definition) is 3. The molecule has 0 saturated heterocycles. The van der Waals surface area contributed by atoms with Gasteiger partial charge in [0.25, 0.3) is 0 Å². The summed E-state index contributed by atoms with van der Waals surface area (Å²) in [7, 11) is -3.49. The molecule has 19 heavy (non-hydrogen) atoms. The number of nitrogens with zero attached hydrogens (tertiary/aromatic N) is 1. The van der Waals surface area contributed by atoms with Crippen LogP contribution < -0.4 is 5.32 Å². The Bertz CT molecular complexity index is 528. The fraction of sp³-hybridized carbons (Fsp3) is 0.538. The second kappa shape index (κ2) is 7.34. The Morgan fingerprint density at radius 3 is 2.79 bits per heavy atom. The van der Waals surface area contributed by atoms with Gasteiger partial charge in [-0.3, -0.25) is 0 Å². The SMILES string of the molecule is C#CCN(CC)S(=O)(=O)c1c[nH]c(CNCCC)c1. The van der Waals surface area contributed by atoms with Crippen molar-refractivity contribution >= 4 is 10.0 Å². The molecule has 1 aromatic rings. The third kappa shape index (κ3) is 4.10. The summed E-state index contributed by atoms with van der Waals surface area (Å²) in [6.07, 6.45) is 7.74. The molecule has 2 N–H and O–H groups in total. The molecule has 0 spiro atoms. The molecule has 6 heteroatoms. The lowest BCUT2D eigenvalue weighted by molar-refractivity contribution is 0.464. The van der Waals surface area contributed by atoms with Crippen LogP contribution >= 0.6 is 0 Å². The fourth-order valence-corrected chi connectivity index (χ4v) is 3.07. The van der Waals surface area contributed by atoms with Crippen molar-refractivity contribution in [3.05, 3.63) is 18.0 Å². The Hall–Kier alpha value is -1.29. The van der Waals surface area contributed by atoms with Crippen molar-refractivity contribution in [3.63, 3.8) is 0 Å². The highest BCUT2D eigenvalue weighted by Crippen LogP contribution is 2.16. The predicted molar refractivity (Wildman–Crippen MR) is 76.1 cm³/mol. The molecular formula is C13H21N3O2S. The van der Waals surface area contributed by atoms with Crippen LogP contribution in [0.25, 0.3) is 0 Å². The Labute approximate surface area is 115 Å². The molecule has 0 bridgehead atoms. The van der Waals surface area contributed by atoms with E-state index in [1.54, 1.807) is 13.0 Å². The molecule has 0 aliphatic carbocycles. The van der Waals surface area contributed by atoms with E-state index in [1.165, 1.54) is 10.5 Å². The van der Waals surface area contributed by atoms with Crippen molar-refractivity contribution in [2.45, 2.75) is 31.7 Å². The van der Waals surface area contributed by atoms with Gasteiger partial charge in [-0.15, -0.1) is 6.42 Å². The number of hydrogen-bond donors (Lipinski definition) is 2. The standard InChI is InChI=1S/C13H21N3O2S/c1-4-7-14-10-12-9-13(11-15-12)19(17,18)16(6-3)8-5-2/h2,9,11,14-15H,4,6-8,10H2,1,3H3. The molecule has 1 rings (SSSR count). The van der Waals surface area contributed by atoms with Gasteiger partial charge in [0.05, 0.1) is 11.4 Å². The first kappa shape index (κ1) is 15.8. The molecule has 0 saturated carbocycles. The van der Waals surface area contributed by atoms with Gasteiger partial charge < -0.3 is 10.3 Å². The minimum atomic E-state index is -3.49. The first-order valence-electron chi connectivity index (χ1n) is 6.37. The number of aromatic amines is 1. The maximum Gasteiger partial charge on any atom is 0.245 e. The van der Waals surface area contributed by atoms with Crippen LogP contribution in [0.1, 0.15) is 26.0 Å². The summed E-state index contributed by atoms with van der Waals surface area (Å²) in [5.74, 6) is 2.37. The summed E-state index contributed by atoms with van der Waals surface area (Å²) in [4.78, 5) is 3.23. The summed E-state index contributed by atoms with van der Waals surface area (Å²) >= 11 is 0. The zero-order chi connectivity index (χ0) is 14.3. The molecule has 0 aliphatic rings. The van der Waals surface area contributed by atoms with Gasteiger partial charge in [0, 0.05) is 25.0 Å². The smallest absolute Gasteiger partial charge is 0.245 e. The number of terminal acetylenes is 1. The van der Waals surface area contributed by atoms with E-state index in [-0.39, 0.29) is 11.4 Å². The molecule has 0 aromatic carbocycles. The normalized spacial score (nSPS) is 11.7. The van der Waals surface area contributed by atoms with E-state index in [1.807, 2.05) is 0 Å². The zero-order valence-electron chi connectivity index (χ0n) is 11.4. The number of H-pyrrole nitrogens is 1. The highest BCUT2D eigenvalue weighted by atomic mass is 32.2. The minimum absolute atomic E-state index is 0.0907. The summed E-state index contributed by atoms with van der Waals surface area (Å²) in [6.45, 7) is 5.83. The minimum Gasteiger partial charge on any atom is -0.363 e. The van der Waals surface area contributed by atoms with E-state index in [2.05, 4.69) is 23.1 Å². The molecule has 0 atom stereocenters. The molecule has 0 amide bonds. The third-order valence-electron chi connectivity index (χ3n) is 2.72. The Kier molecular flexibility index (Phi) is 6.09. The van der Waals surface area contributed by atoms with Gasteiger partial charge in [-0.2, -0.15) is 4.31 Å². The molecule has 0 aliphatic heterocycles. The second-order valence-electron chi connectivity index (χ2n) is 4.17. The quantitative estimate of drug-likeness (QED) is 0.556. The van der Waals surface area contributed by atoms with E-state index in [4.69, 9.17) is 6.42 Å². The predicted octanol–water partition coefficient (Wildman–Crippen LogP) is 1.16. The van der Waals surface area contributed by atoms with E-state index < -0.39 is 10.0 Å². The summed E-state index contributed by atoms with van der Waals surface area (Å²) in [5.41, 5.74) is 0.851. The van der Waals surface area contributed by atoms with Gasteiger partial charge in [0.15, 0.2) is 0 Å². The lowest BCUT2D eigenvalue weighted by atomic mass is 10.4. The highest BCUT2D eigenvalue weighted by Gasteiger charge is 2.23. The van der Waals surface area contributed by atoms with Crippen molar-refractivity contribution in [2.24, 2.45) is 0 Å². The van der Waals surface area contributed by atoms with Crippen LogP contribution in [-0.4, -0.2) is 37.3 Å². The lowest BCUT2D eigenvalue weighted by Gasteiger charge is -2.16. The molecule has 1 heterocycles. The van der Waals surface area contributed by atoms with Gasteiger partial charge in [0.2, 0.25) is 10.0 Å². The first-order chi connectivity index (χ1) is 9.06. The molecule has 0 unspecified atom stereocenters. The number of aromatic nitrogens is 1. The van der Waals surface area contributed by atoms with Crippen LogP contribution in [0.15, 0.2) is 17.2 Å². The van der Waals surface area contributed by atoms with Gasteiger partial charge in [-0.1, -0.05) is 19.8 Å². The monoisotopic (exact) mass is 283 g/mol. The molecule has 106 valence electrons. The van der Waals surface area contributed by atoms with E-state index >= 15 is 0 Å².